The number of hydrogen-bond donors (Lipinski definition) is 1. The third kappa shape index (κ3) is 4.60. The normalized spacial score (nSPS) is 13.9. The van der Waals surface area contributed by atoms with Crippen molar-refractivity contribution >= 4 is 17.4 Å². The standard InChI is InChI=1S/C27H32N8O/c1-18-8-9-20(30-25(36)19-10-11-28-24(14-19)34-12-6-7-13-34)15-22(18)35-17-21(31-32-35)23-16-29-26(33(23)5)27(2,3)4/h8-11,14-17H,6-7,12-13H2,1-5H3,(H,30,36). The molecular weight excluding hydrogens is 452 g/mol. The van der Waals surface area contributed by atoms with E-state index >= 15 is 0 Å². The monoisotopic (exact) mass is 484 g/mol. The Morgan fingerprint density at radius 1 is 1.06 bits per heavy atom. The fourth-order valence-electron chi connectivity index (χ4n) is 4.66. The molecule has 1 N–H and O–H groups in total. The van der Waals surface area contributed by atoms with Crippen LogP contribution in [0.5, 0.6) is 0 Å². The van der Waals surface area contributed by atoms with Crippen molar-refractivity contribution in [2.75, 3.05) is 23.3 Å². The van der Waals surface area contributed by atoms with Gasteiger partial charge >= 0.3 is 0 Å². The smallest absolute Gasteiger partial charge is 0.255 e. The number of carbonyl (C=O) groups is 1. The van der Waals surface area contributed by atoms with Crippen LogP contribution in [0, 0.1) is 6.92 Å². The molecule has 5 rings (SSSR count). The lowest BCUT2D eigenvalue weighted by molar-refractivity contribution is 0.102. The molecule has 0 unspecified atom stereocenters. The molecule has 9 nitrogen and oxygen atoms in total. The molecule has 1 aliphatic rings. The number of rotatable bonds is 5. The number of nitrogens with one attached hydrogen (secondary N) is 1. The largest absolute Gasteiger partial charge is 0.357 e. The maximum atomic E-state index is 13.0. The molecule has 1 saturated heterocycles. The highest BCUT2D eigenvalue weighted by atomic mass is 16.1. The number of nitrogens with zero attached hydrogens (tertiary/aromatic N) is 7. The second-order valence-corrected chi connectivity index (χ2v) is 10.4. The van der Waals surface area contributed by atoms with Gasteiger partial charge < -0.3 is 14.8 Å². The molecule has 0 spiro atoms. The van der Waals surface area contributed by atoms with Crippen LogP contribution in [0.15, 0.2) is 48.9 Å². The lowest BCUT2D eigenvalue weighted by atomic mass is 9.96. The molecule has 36 heavy (non-hydrogen) atoms. The molecule has 0 atom stereocenters. The molecule has 1 amide bonds. The van der Waals surface area contributed by atoms with E-state index in [4.69, 9.17) is 0 Å². The summed E-state index contributed by atoms with van der Waals surface area (Å²) in [7, 11) is 2.00. The predicted molar refractivity (Wildman–Crippen MR) is 141 cm³/mol. The van der Waals surface area contributed by atoms with Gasteiger partial charge in [-0.2, -0.15) is 0 Å². The average Bonchev–Trinajstić information content (AvgIpc) is 3.61. The topological polar surface area (TPSA) is 93.8 Å². The van der Waals surface area contributed by atoms with Crippen molar-refractivity contribution < 1.29 is 4.79 Å². The van der Waals surface area contributed by atoms with Gasteiger partial charge in [0.25, 0.3) is 5.91 Å². The van der Waals surface area contributed by atoms with E-state index in [1.165, 1.54) is 0 Å². The zero-order chi connectivity index (χ0) is 25.4. The summed E-state index contributed by atoms with van der Waals surface area (Å²) in [6.45, 7) is 10.4. The molecule has 0 saturated carbocycles. The number of benzene rings is 1. The molecule has 1 aromatic carbocycles. The molecule has 0 bridgehead atoms. The SMILES string of the molecule is Cc1ccc(NC(=O)c2ccnc(N3CCCC3)c2)cc1-n1cc(-c2cnc(C(C)(C)C)n2C)nn1. The Labute approximate surface area is 211 Å². The van der Waals surface area contributed by atoms with Crippen LogP contribution in [0.25, 0.3) is 17.1 Å². The van der Waals surface area contributed by atoms with Gasteiger partial charge in [-0.1, -0.05) is 32.1 Å². The lowest BCUT2D eigenvalue weighted by Gasteiger charge is -2.18. The molecular formula is C27H32N8O. The zero-order valence-corrected chi connectivity index (χ0v) is 21.5. The first-order chi connectivity index (χ1) is 17.2. The molecule has 3 aromatic heterocycles. The van der Waals surface area contributed by atoms with E-state index in [1.807, 2.05) is 50.6 Å². The number of hydrogen-bond acceptors (Lipinski definition) is 6. The first-order valence-corrected chi connectivity index (χ1v) is 12.3. The Morgan fingerprint density at radius 3 is 2.56 bits per heavy atom. The fourth-order valence-corrected chi connectivity index (χ4v) is 4.66. The summed E-state index contributed by atoms with van der Waals surface area (Å²) in [6, 6.07) is 9.38. The van der Waals surface area contributed by atoms with E-state index in [9.17, 15) is 4.79 Å². The van der Waals surface area contributed by atoms with Gasteiger partial charge in [-0.3, -0.25) is 4.79 Å². The summed E-state index contributed by atoms with van der Waals surface area (Å²) in [5.41, 5.74) is 4.70. The van der Waals surface area contributed by atoms with E-state index in [0.717, 1.165) is 60.2 Å². The Balaban J connectivity index is 1.38. The molecule has 1 fully saturated rings. The van der Waals surface area contributed by atoms with Crippen molar-refractivity contribution in [2.45, 2.75) is 46.0 Å². The molecule has 186 valence electrons. The Bertz CT molecular complexity index is 1410. The number of aromatic nitrogens is 6. The van der Waals surface area contributed by atoms with Crippen molar-refractivity contribution in [3.8, 4) is 17.1 Å². The number of aryl methyl sites for hydroxylation is 1. The zero-order valence-electron chi connectivity index (χ0n) is 21.5. The van der Waals surface area contributed by atoms with Gasteiger partial charge in [-0.05, 0) is 49.6 Å². The second-order valence-electron chi connectivity index (χ2n) is 10.4. The lowest BCUT2D eigenvalue weighted by Crippen LogP contribution is -2.20. The van der Waals surface area contributed by atoms with Crippen LogP contribution in [0.2, 0.25) is 0 Å². The highest BCUT2D eigenvalue weighted by Crippen LogP contribution is 2.27. The Hall–Kier alpha value is -4.01. The van der Waals surface area contributed by atoms with Gasteiger partial charge in [0.05, 0.1) is 23.8 Å². The number of pyridine rings is 1. The molecule has 4 aromatic rings. The molecule has 0 radical (unpaired) electrons. The first-order valence-electron chi connectivity index (χ1n) is 12.3. The number of anilines is 2. The van der Waals surface area contributed by atoms with Gasteiger partial charge in [-0.25, -0.2) is 14.6 Å². The summed E-state index contributed by atoms with van der Waals surface area (Å²) < 4.78 is 3.80. The van der Waals surface area contributed by atoms with E-state index in [2.05, 4.69) is 55.8 Å². The highest BCUT2D eigenvalue weighted by molar-refractivity contribution is 6.04. The molecule has 9 heteroatoms. The summed E-state index contributed by atoms with van der Waals surface area (Å²) in [5.74, 6) is 1.66. The minimum atomic E-state index is -0.170. The summed E-state index contributed by atoms with van der Waals surface area (Å²) >= 11 is 0. The van der Waals surface area contributed by atoms with Crippen LogP contribution < -0.4 is 10.2 Å². The van der Waals surface area contributed by atoms with Gasteiger partial charge in [-0.15, -0.1) is 5.10 Å². The van der Waals surface area contributed by atoms with Gasteiger partial charge in [0.15, 0.2) is 0 Å². The van der Waals surface area contributed by atoms with Crippen LogP contribution >= 0.6 is 0 Å². The number of imidazole rings is 1. The maximum absolute atomic E-state index is 13.0. The Morgan fingerprint density at radius 2 is 1.83 bits per heavy atom. The summed E-state index contributed by atoms with van der Waals surface area (Å²) in [4.78, 5) is 24.3. The third-order valence-electron chi connectivity index (χ3n) is 6.57. The number of amides is 1. The number of carbonyl (C=O) groups excluding carboxylic acids is 1. The molecule has 0 aliphatic carbocycles. The maximum Gasteiger partial charge on any atom is 0.255 e. The van der Waals surface area contributed by atoms with E-state index < -0.39 is 0 Å². The average molecular weight is 485 g/mol. The second kappa shape index (κ2) is 9.22. The van der Waals surface area contributed by atoms with E-state index in [1.54, 1.807) is 16.9 Å². The highest BCUT2D eigenvalue weighted by Gasteiger charge is 2.22. The van der Waals surface area contributed by atoms with E-state index in [-0.39, 0.29) is 11.3 Å². The van der Waals surface area contributed by atoms with Crippen LogP contribution in [0.3, 0.4) is 0 Å². The molecule has 4 heterocycles. The van der Waals surface area contributed by atoms with E-state index in [0.29, 0.717) is 11.3 Å². The minimum Gasteiger partial charge on any atom is -0.357 e. The predicted octanol–water partition coefficient (Wildman–Crippen LogP) is 4.52. The van der Waals surface area contributed by atoms with Gasteiger partial charge in [0, 0.05) is 43.0 Å². The Kier molecular flexibility index (Phi) is 6.07. The van der Waals surface area contributed by atoms with Crippen LogP contribution in [0.1, 0.15) is 55.4 Å². The van der Waals surface area contributed by atoms with Crippen molar-refractivity contribution in [3.05, 3.63) is 65.9 Å². The first kappa shape index (κ1) is 23.7. The van der Waals surface area contributed by atoms with Crippen LogP contribution in [-0.2, 0) is 12.5 Å². The van der Waals surface area contributed by atoms with Crippen molar-refractivity contribution in [1.82, 2.24) is 29.5 Å². The van der Waals surface area contributed by atoms with Gasteiger partial charge in [0.2, 0.25) is 0 Å². The van der Waals surface area contributed by atoms with Crippen molar-refractivity contribution in [1.29, 1.82) is 0 Å². The van der Waals surface area contributed by atoms with Crippen LogP contribution in [0.4, 0.5) is 11.5 Å². The van der Waals surface area contributed by atoms with Gasteiger partial charge in [0.1, 0.15) is 17.3 Å². The minimum absolute atomic E-state index is 0.0732. The van der Waals surface area contributed by atoms with Crippen molar-refractivity contribution in [2.24, 2.45) is 7.05 Å². The van der Waals surface area contributed by atoms with Crippen LogP contribution in [-0.4, -0.2) is 48.5 Å². The van der Waals surface area contributed by atoms with Crippen molar-refractivity contribution in [3.63, 3.8) is 0 Å². The summed E-state index contributed by atoms with van der Waals surface area (Å²) in [6.07, 6.45) is 7.74. The fraction of sp³-hybridized carbons (Fsp3) is 0.370. The third-order valence-corrected chi connectivity index (χ3v) is 6.57. The quantitative estimate of drug-likeness (QED) is 0.448. The summed E-state index contributed by atoms with van der Waals surface area (Å²) in [5, 5.41) is 11.8. The molecule has 1 aliphatic heterocycles.